The smallest absolute Gasteiger partial charge is 0.161 e. The quantitative estimate of drug-likeness (QED) is 0.679. The SMILES string of the molecule is CCCCCOc1ccc(C(CO)N2CCNC(C)C2)cc1OC. The number of methoxy groups -OCH3 is 1. The summed E-state index contributed by atoms with van der Waals surface area (Å²) in [6.45, 7) is 7.99. The molecule has 1 heterocycles. The van der Waals surface area contributed by atoms with Gasteiger partial charge >= 0.3 is 0 Å². The van der Waals surface area contributed by atoms with Crippen LogP contribution in [-0.4, -0.2) is 56.0 Å². The predicted molar refractivity (Wildman–Crippen MR) is 96.9 cm³/mol. The lowest BCUT2D eigenvalue weighted by molar-refractivity contribution is 0.0960. The lowest BCUT2D eigenvalue weighted by Gasteiger charge is -2.37. The van der Waals surface area contributed by atoms with Crippen molar-refractivity contribution in [3.63, 3.8) is 0 Å². The summed E-state index contributed by atoms with van der Waals surface area (Å²) in [7, 11) is 1.67. The van der Waals surface area contributed by atoms with Gasteiger partial charge in [0.15, 0.2) is 11.5 Å². The number of ether oxygens (including phenoxy) is 2. The molecule has 1 aromatic rings. The lowest BCUT2D eigenvalue weighted by Crippen LogP contribution is -2.50. The number of aliphatic hydroxyl groups is 1. The molecule has 2 rings (SSSR count). The van der Waals surface area contributed by atoms with Crippen LogP contribution in [0.5, 0.6) is 11.5 Å². The van der Waals surface area contributed by atoms with Crippen molar-refractivity contribution in [1.82, 2.24) is 10.2 Å². The van der Waals surface area contributed by atoms with Crippen LogP contribution < -0.4 is 14.8 Å². The first-order valence-corrected chi connectivity index (χ1v) is 9.08. The maximum absolute atomic E-state index is 9.92. The first kappa shape index (κ1) is 19.0. The van der Waals surface area contributed by atoms with Crippen LogP contribution in [0.25, 0.3) is 0 Å². The minimum absolute atomic E-state index is 0.00223. The van der Waals surface area contributed by atoms with Crippen molar-refractivity contribution >= 4 is 0 Å². The van der Waals surface area contributed by atoms with E-state index >= 15 is 0 Å². The van der Waals surface area contributed by atoms with Gasteiger partial charge in [-0.05, 0) is 31.0 Å². The average molecular weight is 336 g/mol. The summed E-state index contributed by atoms with van der Waals surface area (Å²) in [5, 5.41) is 13.4. The number of benzene rings is 1. The van der Waals surface area contributed by atoms with E-state index in [4.69, 9.17) is 9.47 Å². The average Bonchev–Trinajstić information content (AvgIpc) is 2.60. The van der Waals surface area contributed by atoms with Gasteiger partial charge in [0.2, 0.25) is 0 Å². The molecular weight excluding hydrogens is 304 g/mol. The molecule has 1 saturated heterocycles. The highest BCUT2D eigenvalue weighted by Gasteiger charge is 2.25. The van der Waals surface area contributed by atoms with Crippen LogP contribution in [0.3, 0.4) is 0 Å². The van der Waals surface area contributed by atoms with Gasteiger partial charge in [0.25, 0.3) is 0 Å². The Bertz CT molecular complexity index is 496. The fourth-order valence-electron chi connectivity index (χ4n) is 3.22. The van der Waals surface area contributed by atoms with Gasteiger partial charge in [-0.1, -0.05) is 25.8 Å². The number of aliphatic hydroxyl groups excluding tert-OH is 1. The zero-order chi connectivity index (χ0) is 17.4. The van der Waals surface area contributed by atoms with E-state index in [9.17, 15) is 5.11 Å². The standard InChI is InChI=1S/C19H32N2O3/c1-4-5-6-11-24-18-8-7-16(12-19(18)23-3)17(14-22)21-10-9-20-15(2)13-21/h7-8,12,15,17,20,22H,4-6,9-11,13-14H2,1-3H3. The van der Waals surface area contributed by atoms with Gasteiger partial charge in [0.1, 0.15) is 0 Å². The summed E-state index contributed by atoms with van der Waals surface area (Å²) in [5.41, 5.74) is 1.07. The molecule has 1 aliphatic rings. The lowest BCUT2D eigenvalue weighted by atomic mass is 10.0. The fraction of sp³-hybridized carbons (Fsp3) is 0.684. The highest BCUT2D eigenvalue weighted by atomic mass is 16.5. The molecule has 136 valence electrons. The molecule has 2 N–H and O–H groups in total. The van der Waals surface area contributed by atoms with Gasteiger partial charge in [0, 0.05) is 25.7 Å². The molecule has 5 heteroatoms. The number of nitrogens with zero attached hydrogens (tertiary/aromatic N) is 1. The van der Waals surface area contributed by atoms with Gasteiger partial charge in [-0.15, -0.1) is 0 Å². The highest BCUT2D eigenvalue weighted by Crippen LogP contribution is 2.32. The maximum atomic E-state index is 9.92. The molecule has 1 aliphatic heterocycles. The Kier molecular flexibility index (Phi) is 7.82. The number of hydrogen-bond donors (Lipinski definition) is 2. The van der Waals surface area contributed by atoms with Crippen molar-refractivity contribution in [2.24, 2.45) is 0 Å². The number of nitrogens with one attached hydrogen (secondary N) is 1. The second kappa shape index (κ2) is 9.87. The zero-order valence-corrected chi connectivity index (χ0v) is 15.3. The van der Waals surface area contributed by atoms with Crippen LogP contribution in [0.2, 0.25) is 0 Å². The third-order valence-corrected chi connectivity index (χ3v) is 4.59. The van der Waals surface area contributed by atoms with Crippen LogP contribution >= 0.6 is 0 Å². The second-order valence-electron chi connectivity index (χ2n) is 6.51. The summed E-state index contributed by atoms with van der Waals surface area (Å²) in [4.78, 5) is 2.33. The Morgan fingerprint density at radius 3 is 2.83 bits per heavy atom. The summed E-state index contributed by atoms with van der Waals surface area (Å²) in [5.74, 6) is 1.52. The van der Waals surface area contributed by atoms with Crippen LogP contribution in [-0.2, 0) is 0 Å². The third kappa shape index (κ3) is 5.10. The molecule has 1 aromatic carbocycles. The summed E-state index contributed by atoms with van der Waals surface area (Å²) in [6, 6.07) is 6.45. The molecule has 0 aromatic heterocycles. The van der Waals surface area contributed by atoms with E-state index in [-0.39, 0.29) is 12.6 Å². The largest absolute Gasteiger partial charge is 0.493 e. The van der Waals surface area contributed by atoms with Crippen molar-refractivity contribution in [1.29, 1.82) is 0 Å². The van der Waals surface area contributed by atoms with E-state index in [2.05, 4.69) is 24.1 Å². The van der Waals surface area contributed by atoms with Crippen molar-refractivity contribution < 1.29 is 14.6 Å². The van der Waals surface area contributed by atoms with Crippen LogP contribution in [0, 0.1) is 0 Å². The van der Waals surface area contributed by atoms with E-state index in [1.165, 1.54) is 12.8 Å². The van der Waals surface area contributed by atoms with Gasteiger partial charge in [-0.2, -0.15) is 0 Å². The fourth-order valence-corrected chi connectivity index (χ4v) is 3.22. The Balaban J connectivity index is 2.08. The van der Waals surface area contributed by atoms with Crippen molar-refractivity contribution in [3.8, 4) is 11.5 Å². The molecule has 2 unspecified atom stereocenters. The Hall–Kier alpha value is -1.30. The second-order valence-corrected chi connectivity index (χ2v) is 6.51. The number of rotatable bonds is 9. The molecule has 0 bridgehead atoms. The number of hydrogen-bond acceptors (Lipinski definition) is 5. The van der Waals surface area contributed by atoms with Gasteiger partial charge < -0.3 is 19.9 Å². The normalized spacial score (nSPS) is 19.9. The number of unbranched alkanes of at least 4 members (excludes halogenated alkanes) is 2. The minimum Gasteiger partial charge on any atom is -0.493 e. The molecular formula is C19H32N2O3. The van der Waals surface area contributed by atoms with E-state index in [1.807, 2.05) is 18.2 Å². The third-order valence-electron chi connectivity index (χ3n) is 4.59. The number of piperazine rings is 1. The monoisotopic (exact) mass is 336 g/mol. The van der Waals surface area contributed by atoms with Crippen molar-refractivity contribution in [2.75, 3.05) is 40.0 Å². The minimum atomic E-state index is -0.00223. The Morgan fingerprint density at radius 1 is 1.33 bits per heavy atom. The van der Waals surface area contributed by atoms with Gasteiger partial charge in [-0.25, -0.2) is 0 Å². The van der Waals surface area contributed by atoms with Crippen LogP contribution in [0.1, 0.15) is 44.7 Å². The Morgan fingerprint density at radius 2 is 2.17 bits per heavy atom. The summed E-state index contributed by atoms with van der Waals surface area (Å²) >= 11 is 0. The molecule has 0 saturated carbocycles. The van der Waals surface area contributed by atoms with E-state index in [0.29, 0.717) is 12.6 Å². The topological polar surface area (TPSA) is 54.0 Å². The zero-order valence-electron chi connectivity index (χ0n) is 15.3. The molecule has 2 atom stereocenters. The van der Waals surface area contributed by atoms with Gasteiger partial charge in [-0.3, -0.25) is 4.90 Å². The van der Waals surface area contributed by atoms with E-state index < -0.39 is 0 Å². The molecule has 0 aliphatic carbocycles. The summed E-state index contributed by atoms with van der Waals surface area (Å²) < 4.78 is 11.4. The molecule has 1 fully saturated rings. The van der Waals surface area contributed by atoms with Gasteiger partial charge in [0.05, 0.1) is 26.4 Å². The van der Waals surface area contributed by atoms with E-state index in [1.54, 1.807) is 7.11 Å². The van der Waals surface area contributed by atoms with Crippen molar-refractivity contribution in [3.05, 3.63) is 23.8 Å². The first-order chi connectivity index (χ1) is 11.7. The molecule has 24 heavy (non-hydrogen) atoms. The first-order valence-electron chi connectivity index (χ1n) is 9.08. The maximum Gasteiger partial charge on any atom is 0.161 e. The molecule has 5 nitrogen and oxygen atoms in total. The van der Waals surface area contributed by atoms with E-state index in [0.717, 1.165) is 43.1 Å². The van der Waals surface area contributed by atoms with Crippen molar-refractivity contribution in [2.45, 2.75) is 45.2 Å². The molecule has 0 spiro atoms. The highest BCUT2D eigenvalue weighted by molar-refractivity contribution is 5.44. The predicted octanol–water partition coefficient (Wildman–Crippen LogP) is 2.59. The molecule has 0 amide bonds. The molecule has 0 radical (unpaired) electrons. The van der Waals surface area contributed by atoms with Crippen LogP contribution in [0.4, 0.5) is 0 Å². The Labute approximate surface area is 146 Å². The van der Waals surface area contributed by atoms with Crippen LogP contribution in [0.15, 0.2) is 18.2 Å². The summed E-state index contributed by atoms with van der Waals surface area (Å²) in [6.07, 6.45) is 3.41.